The van der Waals surface area contributed by atoms with Gasteiger partial charge < -0.3 is 14.6 Å². The van der Waals surface area contributed by atoms with E-state index < -0.39 is 29.3 Å². The van der Waals surface area contributed by atoms with Gasteiger partial charge in [-0.3, -0.25) is 15.0 Å². The van der Waals surface area contributed by atoms with Gasteiger partial charge in [0.15, 0.2) is 12.5 Å². The standard InChI is InChI=1S/C10H17BrN2O5/c1-3-17-6(18-4-2)5-13-9(15)7(11)8(14)12-10(13)16/h6-7,9,15H,3-5H2,1-2H3,(H,12,14,16). The van der Waals surface area contributed by atoms with Crippen molar-refractivity contribution < 1.29 is 24.2 Å². The second kappa shape index (κ2) is 7.03. The number of rotatable bonds is 6. The van der Waals surface area contributed by atoms with E-state index >= 15 is 0 Å². The van der Waals surface area contributed by atoms with Crippen LogP contribution >= 0.6 is 15.9 Å². The molecule has 1 fully saturated rings. The van der Waals surface area contributed by atoms with Gasteiger partial charge in [0, 0.05) is 13.2 Å². The van der Waals surface area contributed by atoms with E-state index in [0.717, 1.165) is 4.90 Å². The maximum atomic E-state index is 11.6. The highest BCUT2D eigenvalue weighted by Crippen LogP contribution is 2.17. The summed E-state index contributed by atoms with van der Waals surface area (Å²) in [6.45, 7) is 4.49. The number of ether oxygens (including phenoxy) is 2. The minimum Gasteiger partial charge on any atom is -0.372 e. The van der Waals surface area contributed by atoms with Crippen LogP contribution in [-0.2, 0) is 14.3 Å². The molecule has 0 spiro atoms. The highest BCUT2D eigenvalue weighted by atomic mass is 79.9. The molecular weight excluding hydrogens is 308 g/mol. The number of aliphatic hydroxyl groups excluding tert-OH is 1. The number of carbonyl (C=O) groups excluding carboxylic acids is 2. The Bertz CT molecular complexity index is 309. The number of hydrogen-bond acceptors (Lipinski definition) is 5. The molecule has 3 amide bonds. The summed E-state index contributed by atoms with van der Waals surface area (Å²) in [6.07, 6.45) is -1.87. The van der Waals surface area contributed by atoms with Crippen molar-refractivity contribution in [2.24, 2.45) is 0 Å². The second-order valence-corrected chi connectivity index (χ2v) is 4.59. The number of halogens is 1. The van der Waals surface area contributed by atoms with Crippen LogP contribution in [0.2, 0.25) is 0 Å². The minimum absolute atomic E-state index is 0.0457. The zero-order chi connectivity index (χ0) is 13.7. The molecule has 104 valence electrons. The first kappa shape index (κ1) is 15.4. The van der Waals surface area contributed by atoms with Gasteiger partial charge in [0.25, 0.3) is 0 Å². The van der Waals surface area contributed by atoms with Crippen LogP contribution in [-0.4, -0.2) is 59.0 Å². The summed E-state index contributed by atoms with van der Waals surface area (Å²) in [5.74, 6) is -0.562. The van der Waals surface area contributed by atoms with Gasteiger partial charge in [-0.15, -0.1) is 0 Å². The molecule has 2 N–H and O–H groups in total. The average Bonchev–Trinajstić information content (AvgIpc) is 2.32. The SMILES string of the molecule is CCOC(CN1C(=O)NC(=O)C(Br)C1O)OCC. The van der Waals surface area contributed by atoms with Crippen LogP contribution in [0.1, 0.15) is 13.8 Å². The molecule has 0 aliphatic carbocycles. The molecule has 1 aliphatic heterocycles. The van der Waals surface area contributed by atoms with Gasteiger partial charge in [-0.2, -0.15) is 0 Å². The van der Waals surface area contributed by atoms with E-state index in [0.29, 0.717) is 13.2 Å². The van der Waals surface area contributed by atoms with E-state index in [1.165, 1.54) is 0 Å². The van der Waals surface area contributed by atoms with Gasteiger partial charge in [-0.05, 0) is 13.8 Å². The van der Waals surface area contributed by atoms with Crippen LogP contribution in [0.4, 0.5) is 4.79 Å². The number of urea groups is 1. The Morgan fingerprint density at radius 1 is 1.39 bits per heavy atom. The number of nitrogens with zero attached hydrogens (tertiary/aromatic N) is 1. The fraction of sp³-hybridized carbons (Fsp3) is 0.800. The first-order valence-electron chi connectivity index (χ1n) is 5.68. The van der Waals surface area contributed by atoms with E-state index in [9.17, 15) is 14.7 Å². The van der Waals surface area contributed by atoms with Crippen LogP contribution in [0, 0.1) is 0 Å². The fourth-order valence-corrected chi connectivity index (χ4v) is 1.94. The smallest absolute Gasteiger partial charge is 0.326 e. The first-order valence-corrected chi connectivity index (χ1v) is 6.59. The molecule has 0 bridgehead atoms. The molecule has 1 rings (SSSR count). The van der Waals surface area contributed by atoms with E-state index in [-0.39, 0.29) is 6.54 Å². The Kier molecular flexibility index (Phi) is 6.00. The van der Waals surface area contributed by atoms with E-state index in [1.807, 2.05) is 0 Å². The molecular formula is C10H17BrN2O5. The van der Waals surface area contributed by atoms with Crippen molar-refractivity contribution in [3.05, 3.63) is 0 Å². The molecule has 1 aliphatic rings. The topological polar surface area (TPSA) is 88.1 Å². The van der Waals surface area contributed by atoms with Crippen molar-refractivity contribution in [2.75, 3.05) is 19.8 Å². The third-order valence-corrected chi connectivity index (χ3v) is 3.26. The third-order valence-electron chi connectivity index (χ3n) is 2.37. The summed E-state index contributed by atoms with van der Waals surface area (Å²) in [6, 6.07) is -0.660. The molecule has 0 radical (unpaired) electrons. The number of alkyl halides is 1. The van der Waals surface area contributed by atoms with Crippen LogP contribution in [0.25, 0.3) is 0 Å². The number of imide groups is 1. The van der Waals surface area contributed by atoms with Crippen LogP contribution in [0.3, 0.4) is 0 Å². The predicted molar refractivity (Wildman–Crippen MR) is 66.0 cm³/mol. The molecule has 1 heterocycles. The Labute approximate surface area is 114 Å². The van der Waals surface area contributed by atoms with E-state index in [1.54, 1.807) is 13.8 Å². The number of aliphatic hydroxyl groups is 1. The van der Waals surface area contributed by atoms with Crippen molar-refractivity contribution in [2.45, 2.75) is 31.2 Å². The molecule has 2 unspecified atom stereocenters. The van der Waals surface area contributed by atoms with Crippen molar-refractivity contribution in [1.82, 2.24) is 10.2 Å². The highest BCUT2D eigenvalue weighted by Gasteiger charge is 2.39. The highest BCUT2D eigenvalue weighted by molar-refractivity contribution is 9.10. The lowest BCUT2D eigenvalue weighted by atomic mass is 10.2. The van der Waals surface area contributed by atoms with Gasteiger partial charge in [-0.1, -0.05) is 15.9 Å². The Balaban J connectivity index is 2.67. The van der Waals surface area contributed by atoms with Crippen molar-refractivity contribution >= 4 is 27.9 Å². The quantitative estimate of drug-likeness (QED) is 0.531. The maximum absolute atomic E-state index is 11.6. The lowest BCUT2D eigenvalue weighted by Crippen LogP contribution is -2.62. The Morgan fingerprint density at radius 2 is 1.94 bits per heavy atom. The summed E-state index contributed by atoms with van der Waals surface area (Å²) in [5.41, 5.74) is 0. The Morgan fingerprint density at radius 3 is 2.44 bits per heavy atom. The van der Waals surface area contributed by atoms with Gasteiger partial charge in [-0.25, -0.2) is 4.79 Å². The number of amides is 3. The minimum atomic E-state index is -1.24. The lowest BCUT2D eigenvalue weighted by molar-refractivity contribution is -0.158. The number of hydrogen-bond donors (Lipinski definition) is 2. The predicted octanol–water partition coefficient (Wildman–Crippen LogP) is 0.0192. The molecule has 0 aromatic heterocycles. The molecule has 0 aromatic rings. The number of nitrogens with one attached hydrogen (secondary N) is 1. The summed E-state index contributed by atoms with van der Waals surface area (Å²) in [7, 11) is 0. The van der Waals surface area contributed by atoms with Crippen LogP contribution in [0.5, 0.6) is 0 Å². The molecule has 18 heavy (non-hydrogen) atoms. The third kappa shape index (κ3) is 3.64. The summed E-state index contributed by atoms with van der Waals surface area (Å²) in [4.78, 5) is 23.1. The zero-order valence-corrected chi connectivity index (χ0v) is 11.8. The van der Waals surface area contributed by atoms with Gasteiger partial charge in [0.1, 0.15) is 4.83 Å². The van der Waals surface area contributed by atoms with Crippen LogP contribution < -0.4 is 5.32 Å². The normalized spacial score (nSPS) is 24.6. The maximum Gasteiger partial charge on any atom is 0.326 e. The second-order valence-electron chi connectivity index (χ2n) is 3.60. The molecule has 7 nitrogen and oxygen atoms in total. The molecule has 1 saturated heterocycles. The van der Waals surface area contributed by atoms with E-state index in [4.69, 9.17) is 9.47 Å². The average molecular weight is 325 g/mol. The summed E-state index contributed by atoms with van der Waals surface area (Å²) >= 11 is 3.02. The van der Waals surface area contributed by atoms with Crippen molar-refractivity contribution in [1.29, 1.82) is 0 Å². The monoisotopic (exact) mass is 324 g/mol. The van der Waals surface area contributed by atoms with Crippen molar-refractivity contribution in [3.63, 3.8) is 0 Å². The molecule has 2 atom stereocenters. The van der Waals surface area contributed by atoms with Crippen LogP contribution in [0.15, 0.2) is 0 Å². The Hall–Kier alpha value is -0.700. The summed E-state index contributed by atoms with van der Waals surface area (Å²) in [5, 5.41) is 12.0. The van der Waals surface area contributed by atoms with E-state index in [2.05, 4.69) is 21.2 Å². The molecule has 0 aromatic carbocycles. The van der Waals surface area contributed by atoms with Gasteiger partial charge >= 0.3 is 6.03 Å². The van der Waals surface area contributed by atoms with Gasteiger partial charge in [0.05, 0.1) is 6.54 Å². The van der Waals surface area contributed by atoms with Gasteiger partial charge in [0.2, 0.25) is 5.91 Å². The molecule has 0 saturated carbocycles. The largest absolute Gasteiger partial charge is 0.372 e. The lowest BCUT2D eigenvalue weighted by Gasteiger charge is -2.36. The zero-order valence-electron chi connectivity index (χ0n) is 10.3. The molecule has 8 heteroatoms. The first-order chi connectivity index (χ1) is 8.51. The summed E-state index contributed by atoms with van der Waals surface area (Å²) < 4.78 is 10.6. The number of carbonyl (C=O) groups is 2. The van der Waals surface area contributed by atoms with Crippen molar-refractivity contribution in [3.8, 4) is 0 Å². The fourth-order valence-electron chi connectivity index (χ4n) is 1.54.